The normalized spacial score (nSPS) is 14.6. The maximum atomic E-state index is 12.6. The Bertz CT molecular complexity index is 1120. The summed E-state index contributed by atoms with van der Waals surface area (Å²) in [7, 11) is 0. The average Bonchev–Trinajstić information content (AvgIpc) is 3.01. The van der Waals surface area contributed by atoms with Crippen LogP contribution in [0.1, 0.15) is 28.4 Å². The van der Waals surface area contributed by atoms with Gasteiger partial charge in [-0.1, -0.05) is 12.1 Å². The molecular formula is C22H17I2NO7S. The lowest BCUT2D eigenvalue weighted by Crippen LogP contribution is -2.34. The van der Waals surface area contributed by atoms with Crippen molar-refractivity contribution >= 4 is 86.1 Å². The molecule has 0 bridgehead atoms. The van der Waals surface area contributed by atoms with Crippen LogP contribution in [0.25, 0.3) is 6.08 Å². The third-order valence-electron chi connectivity index (χ3n) is 4.37. The van der Waals surface area contributed by atoms with Crippen molar-refractivity contribution in [3.05, 3.63) is 65.1 Å². The van der Waals surface area contributed by atoms with Crippen LogP contribution in [0.5, 0.6) is 5.75 Å². The zero-order valence-electron chi connectivity index (χ0n) is 17.2. The summed E-state index contributed by atoms with van der Waals surface area (Å²) in [6, 6.07) is 10.1. The fraction of sp³-hybridized carbons (Fsp3) is 0.182. The van der Waals surface area contributed by atoms with Crippen molar-refractivity contribution in [2.45, 2.75) is 13.5 Å². The van der Waals surface area contributed by atoms with Crippen LogP contribution in [0.15, 0.2) is 41.3 Å². The van der Waals surface area contributed by atoms with Crippen LogP contribution in [0, 0.1) is 7.14 Å². The van der Waals surface area contributed by atoms with Gasteiger partial charge in [0.15, 0.2) is 0 Å². The second-order valence-corrected chi connectivity index (χ2v) is 9.99. The van der Waals surface area contributed by atoms with E-state index in [0.717, 1.165) is 29.4 Å². The number of imide groups is 1. The number of esters is 1. The number of carboxylic acid groups (broad SMARTS) is 1. The minimum absolute atomic E-state index is 0.170. The van der Waals surface area contributed by atoms with E-state index in [1.165, 1.54) is 12.1 Å². The van der Waals surface area contributed by atoms with Crippen molar-refractivity contribution in [2.75, 3.05) is 13.2 Å². The van der Waals surface area contributed by atoms with Crippen molar-refractivity contribution in [3.63, 3.8) is 0 Å². The van der Waals surface area contributed by atoms with E-state index in [-0.39, 0.29) is 23.7 Å². The number of carbonyl (C=O) groups excluding carboxylic acids is 3. The van der Waals surface area contributed by atoms with E-state index in [9.17, 15) is 19.2 Å². The molecule has 11 heteroatoms. The molecule has 0 saturated carbocycles. The summed E-state index contributed by atoms with van der Waals surface area (Å²) in [5.41, 5.74) is 1.74. The number of hydrogen-bond acceptors (Lipinski definition) is 7. The molecule has 0 radical (unpaired) electrons. The van der Waals surface area contributed by atoms with E-state index < -0.39 is 29.6 Å². The molecule has 8 nitrogen and oxygen atoms in total. The molecule has 0 atom stereocenters. The minimum atomic E-state index is -0.985. The van der Waals surface area contributed by atoms with Crippen molar-refractivity contribution in [1.82, 2.24) is 4.90 Å². The molecule has 2 aromatic rings. The Kier molecular flexibility index (Phi) is 8.75. The van der Waals surface area contributed by atoms with E-state index in [1.54, 1.807) is 25.1 Å². The smallest absolute Gasteiger partial charge is 0.335 e. The lowest BCUT2D eigenvalue weighted by atomic mass is 10.1. The van der Waals surface area contributed by atoms with Gasteiger partial charge in [0.05, 0.1) is 24.2 Å². The monoisotopic (exact) mass is 693 g/mol. The Morgan fingerprint density at radius 2 is 1.76 bits per heavy atom. The number of carbonyl (C=O) groups is 4. The van der Waals surface area contributed by atoms with Crippen LogP contribution in [-0.2, 0) is 20.9 Å². The van der Waals surface area contributed by atoms with E-state index >= 15 is 0 Å². The van der Waals surface area contributed by atoms with E-state index in [2.05, 4.69) is 45.2 Å². The number of rotatable bonds is 8. The SMILES string of the molecule is CCOC(=O)CN1C(=O)S/C(=C/c2cc(I)c(OCc3ccc(C(=O)O)cc3)c(I)c2)C1=O. The number of amides is 2. The summed E-state index contributed by atoms with van der Waals surface area (Å²) >= 11 is 5.03. The fourth-order valence-electron chi connectivity index (χ4n) is 2.82. The molecule has 1 N–H and O–H groups in total. The van der Waals surface area contributed by atoms with Crippen LogP contribution in [0.2, 0.25) is 0 Å². The Morgan fingerprint density at radius 3 is 2.33 bits per heavy atom. The maximum Gasteiger partial charge on any atom is 0.335 e. The van der Waals surface area contributed by atoms with Gasteiger partial charge in [-0.25, -0.2) is 4.79 Å². The van der Waals surface area contributed by atoms with Crippen molar-refractivity contribution in [3.8, 4) is 5.75 Å². The first-order valence-corrected chi connectivity index (χ1v) is 12.5. The van der Waals surface area contributed by atoms with E-state index in [4.69, 9.17) is 14.6 Å². The number of aromatic carboxylic acids is 1. The number of benzene rings is 2. The highest BCUT2D eigenvalue weighted by molar-refractivity contribution is 14.1. The number of ether oxygens (including phenoxy) is 2. The second kappa shape index (κ2) is 11.3. The quantitative estimate of drug-likeness (QED) is 0.240. The third kappa shape index (κ3) is 6.47. The number of halogens is 2. The Labute approximate surface area is 221 Å². The van der Waals surface area contributed by atoms with Crippen molar-refractivity contribution in [2.24, 2.45) is 0 Å². The molecular weight excluding hydrogens is 676 g/mol. The van der Waals surface area contributed by atoms with Gasteiger partial charge in [-0.05, 0) is 105 Å². The Balaban J connectivity index is 1.72. The van der Waals surface area contributed by atoms with Crippen LogP contribution in [0.4, 0.5) is 4.79 Å². The zero-order valence-corrected chi connectivity index (χ0v) is 22.3. The summed E-state index contributed by atoms with van der Waals surface area (Å²) < 4.78 is 12.4. The van der Waals surface area contributed by atoms with E-state index in [1.807, 2.05) is 12.1 Å². The molecule has 1 aliphatic rings. The first-order valence-electron chi connectivity index (χ1n) is 9.54. The predicted molar refractivity (Wildman–Crippen MR) is 139 cm³/mol. The van der Waals surface area contributed by atoms with Crippen molar-refractivity contribution in [1.29, 1.82) is 0 Å². The first kappa shape index (κ1) is 25.5. The van der Waals surface area contributed by atoms with Gasteiger partial charge >= 0.3 is 11.9 Å². The molecule has 0 unspecified atom stereocenters. The third-order valence-corrected chi connectivity index (χ3v) is 6.88. The van der Waals surface area contributed by atoms with Gasteiger partial charge in [-0.15, -0.1) is 0 Å². The summed E-state index contributed by atoms with van der Waals surface area (Å²) in [6.07, 6.45) is 1.61. The van der Waals surface area contributed by atoms with E-state index in [0.29, 0.717) is 11.3 Å². The van der Waals surface area contributed by atoms with Gasteiger partial charge in [-0.3, -0.25) is 19.3 Å². The first-order chi connectivity index (χ1) is 15.7. The molecule has 2 aromatic carbocycles. The second-order valence-electron chi connectivity index (χ2n) is 6.68. The highest BCUT2D eigenvalue weighted by atomic mass is 127. The van der Waals surface area contributed by atoms with Crippen LogP contribution < -0.4 is 4.74 Å². The van der Waals surface area contributed by atoms with Crippen LogP contribution >= 0.6 is 56.9 Å². The highest BCUT2D eigenvalue weighted by Gasteiger charge is 2.36. The van der Waals surface area contributed by atoms with Crippen molar-refractivity contribution < 1.29 is 33.8 Å². The fourth-order valence-corrected chi connectivity index (χ4v) is 5.79. The molecule has 33 heavy (non-hydrogen) atoms. The Hall–Kier alpha value is -2.13. The average molecular weight is 693 g/mol. The van der Waals surface area contributed by atoms with Crippen LogP contribution in [-0.4, -0.2) is 46.2 Å². The van der Waals surface area contributed by atoms with Gasteiger partial charge < -0.3 is 14.6 Å². The standard InChI is InChI=1S/C22H17I2NO7S/c1-2-31-18(26)10-25-20(27)17(33-22(25)30)9-13-7-15(23)19(16(24)8-13)32-11-12-3-5-14(6-4-12)21(28)29/h3-9H,2,10-11H2,1H3,(H,28,29)/b17-9+. The number of nitrogens with zero attached hydrogens (tertiary/aromatic N) is 1. The van der Waals surface area contributed by atoms with Crippen LogP contribution in [0.3, 0.4) is 0 Å². The number of hydrogen-bond donors (Lipinski definition) is 1. The van der Waals surface area contributed by atoms with Gasteiger partial charge in [-0.2, -0.15) is 0 Å². The lowest BCUT2D eigenvalue weighted by Gasteiger charge is -2.12. The molecule has 172 valence electrons. The molecule has 1 fully saturated rings. The molecule has 0 aromatic heterocycles. The van der Waals surface area contributed by atoms with Gasteiger partial charge in [0.2, 0.25) is 0 Å². The number of carboxylic acids is 1. The largest absolute Gasteiger partial charge is 0.487 e. The molecule has 0 aliphatic carbocycles. The summed E-state index contributed by atoms with van der Waals surface area (Å²) in [6.45, 7) is 1.67. The maximum absolute atomic E-state index is 12.6. The minimum Gasteiger partial charge on any atom is -0.487 e. The molecule has 1 saturated heterocycles. The lowest BCUT2D eigenvalue weighted by molar-refractivity contribution is -0.145. The summed E-state index contributed by atoms with van der Waals surface area (Å²) in [5, 5.41) is 8.47. The number of thioether (sulfide) groups is 1. The molecule has 3 rings (SSSR count). The predicted octanol–water partition coefficient (Wildman–Crippen LogP) is 4.77. The van der Waals surface area contributed by atoms with Gasteiger partial charge in [0, 0.05) is 0 Å². The molecule has 0 spiro atoms. The summed E-state index contributed by atoms with van der Waals surface area (Å²) in [4.78, 5) is 48.4. The molecule has 1 aliphatic heterocycles. The molecule has 1 heterocycles. The Morgan fingerprint density at radius 1 is 1.12 bits per heavy atom. The highest BCUT2D eigenvalue weighted by Crippen LogP contribution is 2.35. The molecule has 2 amide bonds. The van der Waals surface area contributed by atoms with Gasteiger partial charge in [0.1, 0.15) is 18.9 Å². The topological polar surface area (TPSA) is 110 Å². The van der Waals surface area contributed by atoms with Gasteiger partial charge in [0.25, 0.3) is 11.1 Å². The summed E-state index contributed by atoms with van der Waals surface area (Å²) in [5.74, 6) is -1.50. The zero-order chi connectivity index (χ0) is 24.1.